The van der Waals surface area contributed by atoms with Crippen LogP contribution in [-0.4, -0.2) is 23.6 Å². The van der Waals surface area contributed by atoms with Gasteiger partial charge in [0, 0.05) is 30.1 Å². The molecule has 152 valence electrons. The van der Waals surface area contributed by atoms with Crippen LogP contribution in [0.3, 0.4) is 0 Å². The van der Waals surface area contributed by atoms with Gasteiger partial charge in [0.25, 0.3) is 0 Å². The standard InChI is InChI=1S/C21H28N4OS.HI/c1-3-15-13-23-19(27-15)14-24-20(22-2)25-17-12-21(10-6-7-11-21)26-18-9-5-4-8-16(17)18;/h4-5,8-9,13,17H,3,6-7,10-12,14H2,1-2H3,(H2,22,24,25);1H. The molecule has 4 rings (SSSR count). The van der Waals surface area contributed by atoms with Crippen LogP contribution in [0, 0.1) is 0 Å². The zero-order chi connectivity index (χ0) is 18.7. The maximum absolute atomic E-state index is 6.46. The van der Waals surface area contributed by atoms with E-state index in [2.05, 4.69) is 51.8 Å². The number of ether oxygens (including phenoxy) is 1. The molecule has 1 fully saturated rings. The summed E-state index contributed by atoms with van der Waals surface area (Å²) in [4.78, 5) is 10.2. The molecule has 1 aromatic heterocycles. The van der Waals surface area contributed by atoms with Crippen molar-refractivity contribution in [3.63, 3.8) is 0 Å². The summed E-state index contributed by atoms with van der Waals surface area (Å²) in [5.74, 6) is 1.84. The van der Waals surface area contributed by atoms with Crippen LogP contribution in [0.4, 0.5) is 0 Å². The maximum atomic E-state index is 6.46. The molecular formula is C21H29IN4OS. The minimum absolute atomic E-state index is 0. The normalized spacial score (nSPS) is 20.2. The van der Waals surface area contributed by atoms with Crippen LogP contribution in [0.1, 0.15) is 60.5 Å². The Kier molecular flexibility index (Phi) is 7.20. The van der Waals surface area contributed by atoms with Crippen molar-refractivity contribution in [3.8, 4) is 5.75 Å². The zero-order valence-electron chi connectivity index (χ0n) is 16.5. The Morgan fingerprint density at radius 1 is 1.32 bits per heavy atom. The first kappa shape index (κ1) is 21.4. The molecule has 2 aromatic rings. The molecule has 0 bridgehead atoms. The third-order valence-electron chi connectivity index (χ3n) is 5.60. The molecule has 7 heteroatoms. The lowest BCUT2D eigenvalue weighted by atomic mass is 9.86. The van der Waals surface area contributed by atoms with Crippen molar-refractivity contribution in [2.24, 2.45) is 4.99 Å². The van der Waals surface area contributed by atoms with E-state index >= 15 is 0 Å². The quantitative estimate of drug-likeness (QED) is 0.350. The first-order valence-corrected chi connectivity index (χ1v) is 10.7. The minimum Gasteiger partial charge on any atom is -0.487 e. The molecule has 1 aliphatic carbocycles. The van der Waals surface area contributed by atoms with Crippen LogP contribution < -0.4 is 15.4 Å². The summed E-state index contributed by atoms with van der Waals surface area (Å²) in [6, 6.07) is 8.62. The molecule has 0 amide bonds. The number of rotatable bonds is 4. The molecular weight excluding hydrogens is 483 g/mol. The molecule has 1 aliphatic heterocycles. The largest absolute Gasteiger partial charge is 0.487 e. The Bertz CT molecular complexity index is 816. The predicted octanol–water partition coefficient (Wildman–Crippen LogP) is 4.83. The Balaban J connectivity index is 0.00000225. The molecule has 5 nitrogen and oxygen atoms in total. The summed E-state index contributed by atoms with van der Waals surface area (Å²) >= 11 is 1.76. The molecule has 0 saturated heterocycles. The summed E-state index contributed by atoms with van der Waals surface area (Å²) in [5.41, 5.74) is 1.21. The Labute approximate surface area is 188 Å². The Morgan fingerprint density at radius 2 is 2.11 bits per heavy atom. The van der Waals surface area contributed by atoms with E-state index in [-0.39, 0.29) is 35.6 Å². The molecule has 2 aliphatic rings. The minimum atomic E-state index is -0.0177. The van der Waals surface area contributed by atoms with Gasteiger partial charge in [0.2, 0.25) is 0 Å². The van der Waals surface area contributed by atoms with E-state index < -0.39 is 0 Å². The molecule has 2 heterocycles. The van der Waals surface area contributed by atoms with Crippen molar-refractivity contribution in [1.29, 1.82) is 0 Å². The number of nitrogens with zero attached hydrogens (tertiary/aromatic N) is 2. The molecule has 1 atom stereocenters. The van der Waals surface area contributed by atoms with Gasteiger partial charge in [0.05, 0.1) is 12.6 Å². The summed E-state index contributed by atoms with van der Waals surface area (Å²) in [6.07, 6.45) is 8.79. The number of halogens is 1. The van der Waals surface area contributed by atoms with E-state index in [4.69, 9.17) is 4.74 Å². The fraction of sp³-hybridized carbons (Fsp3) is 0.524. The monoisotopic (exact) mass is 512 g/mol. The topological polar surface area (TPSA) is 58.5 Å². The molecule has 2 N–H and O–H groups in total. The van der Waals surface area contributed by atoms with Crippen molar-refractivity contribution < 1.29 is 4.74 Å². The van der Waals surface area contributed by atoms with Crippen LogP contribution in [0.2, 0.25) is 0 Å². The van der Waals surface area contributed by atoms with Crippen molar-refractivity contribution in [2.75, 3.05) is 7.05 Å². The number of para-hydroxylation sites is 1. The van der Waals surface area contributed by atoms with Gasteiger partial charge in [-0.2, -0.15) is 0 Å². The highest BCUT2D eigenvalue weighted by Crippen LogP contribution is 2.46. The van der Waals surface area contributed by atoms with E-state index in [0.717, 1.165) is 42.4 Å². The first-order chi connectivity index (χ1) is 13.2. The lowest BCUT2D eigenvalue weighted by Crippen LogP contribution is -2.46. The smallest absolute Gasteiger partial charge is 0.191 e. The van der Waals surface area contributed by atoms with E-state index in [0.29, 0.717) is 6.54 Å². The number of thiazole rings is 1. The van der Waals surface area contributed by atoms with Gasteiger partial charge in [0.1, 0.15) is 16.4 Å². The number of aryl methyl sites for hydroxylation is 1. The van der Waals surface area contributed by atoms with Gasteiger partial charge < -0.3 is 15.4 Å². The van der Waals surface area contributed by atoms with Crippen LogP contribution in [-0.2, 0) is 13.0 Å². The summed E-state index contributed by atoms with van der Waals surface area (Å²) in [7, 11) is 1.82. The third kappa shape index (κ3) is 4.62. The van der Waals surface area contributed by atoms with Gasteiger partial charge in [-0.3, -0.25) is 4.99 Å². The number of nitrogens with one attached hydrogen (secondary N) is 2. The number of aliphatic imine (C=N–C) groups is 1. The number of hydrogen-bond acceptors (Lipinski definition) is 4. The molecule has 1 spiro atoms. The summed E-state index contributed by atoms with van der Waals surface area (Å²) in [6.45, 7) is 2.85. The van der Waals surface area contributed by atoms with Crippen LogP contribution in [0.25, 0.3) is 0 Å². The average molecular weight is 512 g/mol. The fourth-order valence-electron chi connectivity index (χ4n) is 4.18. The van der Waals surface area contributed by atoms with Crippen LogP contribution in [0.5, 0.6) is 5.75 Å². The maximum Gasteiger partial charge on any atom is 0.191 e. The fourth-order valence-corrected chi connectivity index (χ4v) is 4.99. The SMILES string of the molecule is CCc1cnc(CNC(=NC)NC2CC3(CCCC3)Oc3ccccc32)s1.I. The second-order valence-corrected chi connectivity index (χ2v) is 8.63. The molecule has 1 unspecified atom stereocenters. The molecule has 0 radical (unpaired) electrons. The molecule has 1 saturated carbocycles. The van der Waals surface area contributed by atoms with Crippen LogP contribution >= 0.6 is 35.3 Å². The van der Waals surface area contributed by atoms with Gasteiger partial charge in [-0.1, -0.05) is 25.1 Å². The van der Waals surface area contributed by atoms with E-state index in [1.807, 2.05) is 13.2 Å². The Hall–Kier alpha value is -1.35. The van der Waals surface area contributed by atoms with Crippen molar-refractivity contribution >= 4 is 41.3 Å². The molecule has 1 aromatic carbocycles. The Morgan fingerprint density at radius 3 is 2.82 bits per heavy atom. The predicted molar refractivity (Wildman–Crippen MR) is 126 cm³/mol. The summed E-state index contributed by atoms with van der Waals surface area (Å²) in [5, 5.41) is 8.16. The third-order valence-corrected chi connectivity index (χ3v) is 6.74. The van der Waals surface area contributed by atoms with Gasteiger partial charge >= 0.3 is 0 Å². The highest BCUT2D eigenvalue weighted by molar-refractivity contribution is 14.0. The van der Waals surface area contributed by atoms with Crippen molar-refractivity contribution in [3.05, 3.63) is 45.9 Å². The van der Waals surface area contributed by atoms with Gasteiger partial charge in [-0.15, -0.1) is 35.3 Å². The van der Waals surface area contributed by atoms with Gasteiger partial charge in [-0.25, -0.2) is 4.98 Å². The van der Waals surface area contributed by atoms with E-state index in [9.17, 15) is 0 Å². The van der Waals surface area contributed by atoms with Crippen molar-refractivity contribution in [1.82, 2.24) is 15.6 Å². The average Bonchev–Trinajstić information content (AvgIpc) is 3.34. The van der Waals surface area contributed by atoms with E-state index in [1.54, 1.807) is 11.3 Å². The zero-order valence-corrected chi connectivity index (χ0v) is 19.7. The highest BCUT2D eigenvalue weighted by Gasteiger charge is 2.43. The number of benzene rings is 1. The lowest BCUT2D eigenvalue weighted by Gasteiger charge is -2.40. The summed E-state index contributed by atoms with van der Waals surface area (Å²) < 4.78 is 6.46. The lowest BCUT2D eigenvalue weighted by molar-refractivity contribution is 0.0396. The first-order valence-electron chi connectivity index (χ1n) is 9.90. The second kappa shape index (κ2) is 9.43. The number of guanidine groups is 1. The number of hydrogen-bond donors (Lipinski definition) is 2. The highest BCUT2D eigenvalue weighted by atomic mass is 127. The van der Waals surface area contributed by atoms with E-state index in [1.165, 1.54) is 23.3 Å². The van der Waals surface area contributed by atoms with Gasteiger partial charge in [-0.05, 0) is 38.2 Å². The van der Waals surface area contributed by atoms with Gasteiger partial charge in [0.15, 0.2) is 5.96 Å². The van der Waals surface area contributed by atoms with Crippen molar-refractivity contribution in [2.45, 2.75) is 63.6 Å². The molecule has 28 heavy (non-hydrogen) atoms. The van der Waals surface area contributed by atoms with Crippen LogP contribution in [0.15, 0.2) is 35.5 Å². The number of aromatic nitrogens is 1. The second-order valence-electron chi connectivity index (χ2n) is 7.43. The number of fused-ring (bicyclic) bond motifs is 1.